The second-order valence-electron chi connectivity index (χ2n) is 6.31. The van der Waals surface area contributed by atoms with Crippen molar-refractivity contribution >= 4 is 11.6 Å². The van der Waals surface area contributed by atoms with Crippen molar-refractivity contribution in [3.63, 3.8) is 0 Å². The zero-order valence-electron chi connectivity index (χ0n) is 13.2. The standard InChI is InChI=1S/C16H20F3N3O2/c17-16(18,19)6-10-24-13-2-1-12(11-21-13)22-9-5-15(14(22)23)3-7-20-8-4-15/h1-2,11,20H,3-10H2. The highest BCUT2D eigenvalue weighted by Gasteiger charge is 2.47. The molecule has 0 atom stereocenters. The Hall–Kier alpha value is -1.83. The van der Waals surface area contributed by atoms with Gasteiger partial charge in [0, 0.05) is 12.6 Å². The Labute approximate surface area is 138 Å². The van der Waals surface area contributed by atoms with Crippen LogP contribution in [0.15, 0.2) is 18.3 Å². The second-order valence-corrected chi connectivity index (χ2v) is 6.31. The molecular formula is C16H20F3N3O2. The van der Waals surface area contributed by atoms with E-state index in [4.69, 9.17) is 4.74 Å². The van der Waals surface area contributed by atoms with Gasteiger partial charge in [0.05, 0.1) is 30.3 Å². The van der Waals surface area contributed by atoms with Crippen LogP contribution in [0.3, 0.4) is 0 Å². The van der Waals surface area contributed by atoms with E-state index in [1.54, 1.807) is 11.0 Å². The maximum Gasteiger partial charge on any atom is 0.392 e. The lowest BCUT2D eigenvalue weighted by atomic mass is 9.78. The zero-order valence-corrected chi connectivity index (χ0v) is 13.2. The van der Waals surface area contributed by atoms with Crippen molar-refractivity contribution in [3.05, 3.63) is 18.3 Å². The number of hydrogen-bond acceptors (Lipinski definition) is 4. The molecule has 1 aromatic rings. The van der Waals surface area contributed by atoms with Crippen LogP contribution in [0, 0.1) is 5.41 Å². The van der Waals surface area contributed by atoms with Crippen molar-refractivity contribution < 1.29 is 22.7 Å². The van der Waals surface area contributed by atoms with E-state index < -0.39 is 19.2 Å². The topological polar surface area (TPSA) is 54.5 Å². The molecule has 2 fully saturated rings. The third kappa shape index (κ3) is 3.63. The number of anilines is 1. The monoisotopic (exact) mass is 343 g/mol. The van der Waals surface area contributed by atoms with Gasteiger partial charge < -0.3 is 15.0 Å². The zero-order chi connectivity index (χ0) is 17.2. The Morgan fingerprint density at radius 2 is 2.00 bits per heavy atom. The number of rotatable bonds is 4. The highest BCUT2D eigenvalue weighted by atomic mass is 19.4. The Bertz CT molecular complexity index is 583. The molecule has 0 aliphatic carbocycles. The number of aromatic nitrogens is 1. The van der Waals surface area contributed by atoms with Crippen LogP contribution >= 0.6 is 0 Å². The number of carbonyl (C=O) groups excluding carboxylic acids is 1. The molecule has 24 heavy (non-hydrogen) atoms. The lowest BCUT2D eigenvalue weighted by Crippen LogP contribution is -2.42. The van der Waals surface area contributed by atoms with Gasteiger partial charge in [0.25, 0.3) is 0 Å². The summed E-state index contributed by atoms with van der Waals surface area (Å²) in [5.74, 6) is 0.253. The Balaban J connectivity index is 1.61. The first-order chi connectivity index (χ1) is 11.4. The average molecular weight is 343 g/mol. The third-order valence-electron chi connectivity index (χ3n) is 4.74. The number of nitrogens with one attached hydrogen (secondary N) is 1. The van der Waals surface area contributed by atoms with Gasteiger partial charge >= 0.3 is 6.18 Å². The van der Waals surface area contributed by atoms with Gasteiger partial charge in [-0.15, -0.1) is 0 Å². The molecule has 3 heterocycles. The first-order valence-electron chi connectivity index (χ1n) is 8.08. The van der Waals surface area contributed by atoms with E-state index in [0.717, 1.165) is 32.4 Å². The van der Waals surface area contributed by atoms with Gasteiger partial charge in [0.2, 0.25) is 11.8 Å². The molecule has 1 N–H and O–H groups in total. The summed E-state index contributed by atoms with van der Waals surface area (Å²) in [4.78, 5) is 18.5. The highest BCUT2D eigenvalue weighted by molar-refractivity contribution is 5.99. The molecule has 132 valence electrons. The van der Waals surface area contributed by atoms with E-state index in [1.807, 2.05) is 0 Å². The van der Waals surface area contributed by atoms with E-state index in [-0.39, 0.29) is 17.2 Å². The van der Waals surface area contributed by atoms with E-state index in [1.165, 1.54) is 12.3 Å². The molecule has 8 heteroatoms. The van der Waals surface area contributed by atoms with Crippen LogP contribution in [0.1, 0.15) is 25.7 Å². The minimum atomic E-state index is -4.24. The number of hydrogen-bond donors (Lipinski definition) is 1. The molecule has 0 unspecified atom stereocenters. The molecule has 3 rings (SSSR count). The predicted molar refractivity (Wildman–Crippen MR) is 81.9 cm³/mol. The molecule has 1 spiro atoms. The van der Waals surface area contributed by atoms with E-state index in [9.17, 15) is 18.0 Å². The molecular weight excluding hydrogens is 323 g/mol. The number of amides is 1. The number of nitrogens with zero attached hydrogens (tertiary/aromatic N) is 2. The fourth-order valence-corrected chi connectivity index (χ4v) is 3.33. The van der Waals surface area contributed by atoms with Gasteiger partial charge in [0.15, 0.2) is 0 Å². The summed E-state index contributed by atoms with van der Waals surface area (Å²) in [7, 11) is 0. The first kappa shape index (κ1) is 17.0. The molecule has 2 aliphatic rings. The summed E-state index contributed by atoms with van der Waals surface area (Å²) < 4.78 is 41.3. The van der Waals surface area contributed by atoms with Gasteiger partial charge in [-0.05, 0) is 38.4 Å². The van der Waals surface area contributed by atoms with Crippen molar-refractivity contribution in [1.82, 2.24) is 10.3 Å². The highest BCUT2D eigenvalue weighted by Crippen LogP contribution is 2.41. The fourth-order valence-electron chi connectivity index (χ4n) is 3.33. The van der Waals surface area contributed by atoms with Crippen LogP contribution < -0.4 is 15.0 Å². The minimum Gasteiger partial charge on any atom is -0.477 e. The smallest absolute Gasteiger partial charge is 0.392 e. The number of halogens is 3. The average Bonchev–Trinajstić information content (AvgIpc) is 2.85. The number of piperidine rings is 1. The predicted octanol–water partition coefficient (Wildman–Crippen LogP) is 2.52. The molecule has 5 nitrogen and oxygen atoms in total. The van der Waals surface area contributed by atoms with E-state index in [2.05, 4.69) is 10.3 Å². The van der Waals surface area contributed by atoms with Gasteiger partial charge in [-0.1, -0.05) is 0 Å². The maximum absolute atomic E-state index is 12.8. The molecule has 2 aliphatic heterocycles. The number of carbonyl (C=O) groups is 1. The maximum atomic E-state index is 12.8. The number of pyridine rings is 1. The summed E-state index contributed by atoms with van der Waals surface area (Å²) in [5, 5.41) is 3.27. The summed E-state index contributed by atoms with van der Waals surface area (Å²) in [6.45, 7) is 1.89. The summed E-state index contributed by atoms with van der Waals surface area (Å²) >= 11 is 0. The van der Waals surface area contributed by atoms with Crippen molar-refractivity contribution in [2.45, 2.75) is 31.9 Å². The van der Waals surface area contributed by atoms with Crippen molar-refractivity contribution in [2.24, 2.45) is 5.41 Å². The number of ether oxygens (including phenoxy) is 1. The molecule has 1 amide bonds. The van der Waals surface area contributed by atoms with E-state index >= 15 is 0 Å². The second kappa shape index (κ2) is 6.58. The lowest BCUT2D eigenvalue weighted by Gasteiger charge is -2.32. The minimum absolute atomic E-state index is 0.122. The summed E-state index contributed by atoms with van der Waals surface area (Å²) in [6.07, 6.45) is -1.26. The molecule has 2 saturated heterocycles. The Morgan fingerprint density at radius 3 is 2.62 bits per heavy atom. The molecule has 0 aromatic carbocycles. The van der Waals surface area contributed by atoms with Gasteiger partial charge in [0.1, 0.15) is 0 Å². The van der Waals surface area contributed by atoms with Crippen LogP contribution in [0.2, 0.25) is 0 Å². The van der Waals surface area contributed by atoms with Crippen LogP contribution in [0.25, 0.3) is 0 Å². The molecule has 0 saturated carbocycles. The molecule has 0 bridgehead atoms. The lowest BCUT2D eigenvalue weighted by molar-refractivity contribution is -0.139. The van der Waals surface area contributed by atoms with Gasteiger partial charge in [-0.25, -0.2) is 4.98 Å². The SMILES string of the molecule is O=C1N(c2ccc(OCCC(F)(F)F)nc2)CCC12CCNCC2. The Kier molecular flexibility index (Phi) is 4.67. The van der Waals surface area contributed by atoms with E-state index in [0.29, 0.717) is 12.2 Å². The van der Waals surface area contributed by atoms with Crippen molar-refractivity contribution in [3.8, 4) is 5.88 Å². The largest absolute Gasteiger partial charge is 0.477 e. The van der Waals surface area contributed by atoms with Crippen LogP contribution in [-0.2, 0) is 4.79 Å². The Morgan fingerprint density at radius 1 is 1.25 bits per heavy atom. The fraction of sp³-hybridized carbons (Fsp3) is 0.625. The quantitative estimate of drug-likeness (QED) is 0.913. The third-order valence-corrected chi connectivity index (χ3v) is 4.74. The van der Waals surface area contributed by atoms with Crippen molar-refractivity contribution in [2.75, 3.05) is 31.1 Å². The van der Waals surface area contributed by atoms with Gasteiger partial charge in [-0.3, -0.25) is 4.79 Å². The molecule has 1 aromatic heterocycles. The normalized spacial score (nSPS) is 20.6. The summed E-state index contributed by atoms with van der Waals surface area (Å²) in [6, 6.07) is 3.18. The van der Waals surface area contributed by atoms with Gasteiger partial charge in [-0.2, -0.15) is 13.2 Å². The van der Waals surface area contributed by atoms with Crippen LogP contribution in [0.5, 0.6) is 5.88 Å². The molecule has 0 radical (unpaired) electrons. The van der Waals surface area contributed by atoms with Crippen LogP contribution in [0.4, 0.5) is 18.9 Å². The number of alkyl halides is 3. The van der Waals surface area contributed by atoms with Crippen molar-refractivity contribution in [1.29, 1.82) is 0 Å². The van der Waals surface area contributed by atoms with Crippen LogP contribution in [-0.4, -0.2) is 43.3 Å². The summed E-state index contributed by atoms with van der Waals surface area (Å²) in [5.41, 5.74) is 0.395. The first-order valence-corrected chi connectivity index (χ1v) is 8.08.